The van der Waals surface area contributed by atoms with Gasteiger partial charge >= 0.3 is 17.7 Å². The second-order valence-corrected chi connectivity index (χ2v) is 20.7. The number of phenols is 1. The molecule has 19 nitrogen and oxygen atoms in total. The van der Waals surface area contributed by atoms with Gasteiger partial charge in [-0.15, -0.1) is 0 Å². The van der Waals surface area contributed by atoms with Crippen molar-refractivity contribution in [2.45, 2.75) is 124 Å². The predicted molar refractivity (Wildman–Crippen MR) is 269 cm³/mol. The van der Waals surface area contributed by atoms with E-state index in [9.17, 15) is 49.2 Å². The van der Waals surface area contributed by atoms with Crippen LogP contribution < -0.4 is 25.8 Å². The standard InChI is InChI=1S/C55H63FN4O15/c1-23-12-11-13-24(2)52(68)58-41-40(57-32-16-18-59(21-32)43-26(4)42-33(31-14-15-31)20-34(54(70)71)53(69)60(42)22-35(43)56)47(65)37-38(48(41)66)46(64)29(7)50-39(37)51(67)55(9,75-50)73-19-17-36(72-10)25(3)49(74-30(8)61)28(6)45(63)27(5)44(23)62/h11-13,17,19-20,22-23,25,27-28,31-32,36,44-45,49,57,62-64H,14-16,18,21H2,1-10H3,(H,58,68)(H,70,71)/b12-11+,19-17+,24-13-/t23-,25+,27+,28+,32?,36-,44-,45+,49+,55-/m0/s1. The average molecular weight is 1040 g/mol. The second-order valence-electron chi connectivity index (χ2n) is 20.7. The van der Waals surface area contributed by atoms with Crippen molar-refractivity contribution >= 4 is 46.4 Å². The fourth-order valence-electron chi connectivity index (χ4n) is 11.0. The van der Waals surface area contributed by atoms with Gasteiger partial charge in [-0.3, -0.25) is 33.2 Å². The summed E-state index contributed by atoms with van der Waals surface area (Å²) in [5.74, 6) is -12.5. The van der Waals surface area contributed by atoms with E-state index in [0.29, 0.717) is 16.6 Å². The van der Waals surface area contributed by atoms with Crippen LogP contribution in [-0.4, -0.2) is 116 Å². The van der Waals surface area contributed by atoms with Gasteiger partial charge in [-0.2, -0.15) is 0 Å². The number of amides is 1. The molecule has 1 unspecified atom stereocenters. The number of ketones is 3. The molecule has 6 N–H and O–H groups in total. The maximum absolute atomic E-state index is 16.4. The molecule has 6 aliphatic rings. The third-order valence-corrected chi connectivity index (χ3v) is 15.5. The van der Waals surface area contributed by atoms with Gasteiger partial charge in [0.1, 0.15) is 34.6 Å². The number of phenolic OH excluding ortho intramolecular Hbond substituents is 1. The van der Waals surface area contributed by atoms with Gasteiger partial charge in [0.25, 0.3) is 17.2 Å². The van der Waals surface area contributed by atoms with Gasteiger partial charge in [-0.05, 0) is 69.2 Å². The monoisotopic (exact) mass is 1040 g/mol. The van der Waals surface area contributed by atoms with Crippen LogP contribution in [-0.2, 0) is 23.8 Å². The van der Waals surface area contributed by atoms with Gasteiger partial charge in [0, 0.05) is 74.9 Å². The highest BCUT2D eigenvalue weighted by atomic mass is 19.1. The van der Waals surface area contributed by atoms with E-state index >= 15 is 9.18 Å². The molecule has 9 rings (SSSR count). The van der Waals surface area contributed by atoms with Crippen LogP contribution in [0.15, 0.2) is 64.6 Å². The first-order chi connectivity index (χ1) is 35.3. The number of aromatic carboxylic acids is 1. The van der Waals surface area contributed by atoms with Crippen LogP contribution in [0.5, 0.6) is 11.5 Å². The zero-order valence-corrected chi connectivity index (χ0v) is 43.4. The number of ether oxygens (including phenoxy) is 4. The fraction of sp³-hybridized carbons (Fsp3) is 0.473. The summed E-state index contributed by atoms with van der Waals surface area (Å²) in [6.07, 6.45) is 5.68. The number of pyridine rings is 2. The van der Waals surface area contributed by atoms with Crippen LogP contribution in [0, 0.1) is 43.3 Å². The van der Waals surface area contributed by atoms with Crippen LogP contribution in [0.1, 0.15) is 132 Å². The van der Waals surface area contributed by atoms with Crippen molar-refractivity contribution in [3.63, 3.8) is 0 Å². The number of hydrogen-bond acceptors (Lipinski definition) is 16. The van der Waals surface area contributed by atoms with Crippen LogP contribution in [0.25, 0.3) is 5.52 Å². The van der Waals surface area contributed by atoms with Crippen molar-refractivity contribution in [2.75, 3.05) is 25.1 Å². The first-order valence-electron chi connectivity index (χ1n) is 25.0. The number of aromatic nitrogens is 1. The number of aliphatic hydroxyl groups excluding tert-OH is 2. The lowest BCUT2D eigenvalue weighted by atomic mass is 9.78. The number of allylic oxidation sites excluding steroid dienone is 4. The molecule has 5 bridgehead atoms. The molecule has 1 aromatic carbocycles. The fourth-order valence-corrected chi connectivity index (χ4v) is 11.0. The van der Waals surface area contributed by atoms with Crippen LogP contribution >= 0.6 is 0 Å². The smallest absolute Gasteiger partial charge is 0.341 e. The molecule has 1 saturated heterocycles. The minimum absolute atomic E-state index is 0.0196. The van der Waals surface area contributed by atoms with Crippen LogP contribution in [0.4, 0.5) is 10.1 Å². The summed E-state index contributed by atoms with van der Waals surface area (Å²) >= 11 is 0. The number of carbonyl (C=O) groups is 6. The number of nitrogens with one attached hydrogen (secondary N) is 2. The molecule has 400 valence electrons. The number of hydrogen-bond donors (Lipinski definition) is 6. The Balaban J connectivity index is 1.21. The quantitative estimate of drug-likeness (QED) is 0.160. The highest BCUT2D eigenvalue weighted by molar-refractivity contribution is 6.32. The highest BCUT2D eigenvalue weighted by Gasteiger charge is 2.53. The minimum Gasteiger partial charge on any atom is -0.507 e. The summed E-state index contributed by atoms with van der Waals surface area (Å²) < 4.78 is 41.1. The molecular formula is C55H63FN4O15. The molecule has 10 atom stereocenters. The summed E-state index contributed by atoms with van der Waals surface area (Å²) in [5, 5.41) is 50.4. The molecule has 75 heavy (non-hydrogen) atoms. The number of carbonyl (C=O) groups excluding carboxylic acids is 5. The van der Waals surface area contributed by atoms with Crippen molar-refractivity contribution in [3.8, 4) is 11.5 Å². The number of carboxylic acids is 1. The van der Waals surface area contributed by atoms with Crippen LogP contribution in [0.2, 0.25) is 0 Å². The molecule has 20 heteroatoms. The first kappa shape index (κ1) is 54.1. The van der Waals surface area contributed by atoms with E-state index in [-0.39, 0.29) is 53.6 Å². The molecule has 2 aromatic heterocycles. The number of carboxylic acid groups (broad SMARTS) is 1. The highest BCUT2D eigenvalue weighted by Crippen LogP contribution is 2.49. The maximum Gasteiger partial charge on any atom is 0.341 e. The van der Waals surface area contributed by atoms with E-state index in [4.69, 9.17) is 18.9 Å². The molecule has 4 aliphatic heterocycles. The third kappa shape index (κ3) is 9.63. The Morgan fingerprint density at radius 1 is 0.920 bits per heavy atom. The van der Waals surface area contributed by atoms with Crippen LogP contribution in [0.3, 0.4) is 0 Å². The summed E-state index contributed by atoms with van der Waals surface area (Å²) in [6.45, 7) is 14.0. The largest absolute Gasteiger partial charge is 0.507 e. The zero-order chi connectivity index (χ0) is 54.9. The van der Waals surface area contributed by atoms with E-state index in [2.05, 4.69) is 10.6 Å². The summed E-state index contributed by atoms with van der Waals surface area (Å²) in [6, 6.07) is 0.634. The maximum atomic E-state index is 16.4. The Labute approximate surface area is 431 Å². The lowest BCUT2D eigenvalue weighted by molar-refractivity contribution is -0.160. The Morgan fingerprint density at radius 3 is 2.25 bits per heavy atom. The molecule has 1 saturated carbocycles. The number of Topliss-reactive ketones (excluding diaryl/α,β-unsaturated/α-hetero) is 3. The second kappa shape index (κ2) is 20.5. The topological polar surface area (TPSA) is 269 Å². The number of aliphatic hydroxyl groups is 2. The number of aromatic hydroxyl groups is 1. The Morgan fingerprint density at radius 2 is 1.61 bits per heavy atom. The van der Waals surface area contributed by atoms with Gasteiger partial charge in [0.2, 0.25) is 11.6 Å². The van der Waals surface area contributed by atoms with Crippen molar-refractivity contribution in [1.82, 2.24) is 15.0 Å². The van der Waals surface area contributed by atoms with Crippen molar-refractivity contribution in [3.05, 3.63) is 115 Å². The molecule has 2 aliphatic carbocycles. The van der Waals surface area contributed by atoms with E-state index < -0.39 is 140 Å². The Bertz CT molecular complexity index is 3130. The molecule has 2 fully saturated rings. The number of anilines is 1. The molecule has 0 spiro atoms. The molecule has 0 radical (unpaired) electrons. The number of fused-ring (bicyclic) bond motifs is 15. The third-order valence-electron chi connectivity index (χ3n) is 15.5. The molecule has 3 aromatic rings. The van der Waals surface area contributed by atoms with E-state index in [1.54, 1.807) is 45.6 Å². The Hall–Kier alpha value is -7.16. The van der Waals surface area contributed by atoms with E-state index in [1.165, 1.54) is 59.1 Å². The first-order valence-corrected chi connectivity index (χ1v) is 25.0. The SMILES string of the molecule is CO[C@H]1/C=C/O[C@@]2(C)Oc3c(C)c(O)c4c(c3C2=O)C(=O)C(NC2CCN(c3c(F)cn5c(=O)c(C(=O)O)cc(C6CC6)c5c3C)C2)=C(NC(=O)/C(C)=C\C=C\[C@H](C)[C@H](O)[C@@H](C)[C@@H](O)[C@@H](C)[C@H](OC(C)=O)[C@@H]1C)C4=O. The number of rotatable bonds is 7. The van der Waals surface area contributed by atoms with Gasteiger partial charge < -0.3 is 54.9 Å². The number of aryl methyl sites for hydroxylation is 1. The zero-order valence-electron chi connectivity index (χ0n) is 43.4. The van der Waals surface area contributed by atoms with Gasteiger partial charge in [0.15, 0.2) is 5.82 Å². The number of halogens is 1. The summed E-state index contributed by atoms with van der Waals surface area (Å²) in [7, 11) is 1.40. The molecular weight excluding hydrogens is 976 g/mol. The van der Waals surface area contributed by atoms with Crippen molar-refractivity contribution < 1.29 is 72.5 Å². The summed E-state index contributed by atoms with van der Waals surface area (Å²) in [5.41, 5.74) is -2.31. The lowest BCUT2D eigenvalue weighted by Crippen LogP contribution is -2.46. The van der Waals surface area contributed by atoms with Crippen molar-refractivity contribution in [1.29, 1.82) is 0 Å². The lowest BCUT2D eigenvalue weighted by Gasteiger charge is -2.38. The van der Waals surface area contributed by atoms with Gasteiger partial charge in [-0.1, -0.05) is 45.9 Å². The van der Waals surface area contributed by atoms with E-state index in [1.807, 2.05) is 0 Å². The number of benzene rings is 1. The van der Waals surface area contributed by atoms with E-state index in [0.717, 1.165) is 29.7 Å². The molecule has 6 heterocycles. The normalized spacial score (nSPS) is 30.1. The molecule has 1 amide bonds. The van der Waals surface area contributed by atoms with Gasteiger partial charge in [-0.25, -0.2) is 9.18 Å². The number of esters is 1. The minimum atomic E-state index is -2.19. The van der Waals surface area contributed by atoms with Crippen molar-refractivity contribution in [2.24, 2.45) is 23.7 Å². The Kier molecular flexibility index (Phi) is 14.8. The predicted octanol–water partition coefficient (Wildman–Crippen LogP) is 5.46. The summed E-state index contributed by atoms with van der Waals surface area (Å²) in [4.78, 5) is 98.5. The number of nitrogens with zero attached hydrogens (tertiary/aromatic N) is 2. The number of methoxy groups -OCH3 is 1. The van der Waals surface area contributed by atoms with Gasteiger partial charge in [0.05, 0.1) is 58.7 Å². The average Bonchev–Trinajstić information content (AvgIpc) is 4.05.